The van der Waals surface area contributed by atoms with Gasteiger partial charge in [0.2, 0.25) is 5.91 Å². The molecule has 1 atom stereocenters. The lowest BCUT2D eigenvalue weighted by molar-refractivity contribution is -0.137. The van der Waals surface area contributed by atoms with Gasteiger partial charge in [0.1, 0.15) is 0 Å². The van der Waals surface area contributed by atoms with Gasteiger partial charge in [-0.25, -0.2) is 0 Å². The second-order valence-corrected chi connectivity index (χ2v) is 7.65. The fourth-order valence-corrected chi connectivity index (χ4v) is 3.56. The van der Waals surface area contributed by atoms with E-state index in [0.29, 0.717) is 13.0 Å². The minimum absolute atomic E-state index is 0.00264. The quantitative estimate of drug-likeness (QED) is 0.720. The van der Waals surface area contributed by atoms with E-state index in [1.165, 1.54) is 11.1 Å². The van der Waals surface area contributed by atoms with Crippen LogP contribution in [0.15, 0.2) is 42.5 Å². The molecule has 7 heteroatoms. The first-order chi connectivity index (χ1) is 13.2. The lowest BCUT2D eigenvalue weighted by atomic mass is 9.96. The van der Waals surface area contributed by atoms with E-state index in [1.807, 2.05) is 6.92 Å². The zero-order valence-electron chi connectivity index (χ0n) is 15.5. The Balaban J connectivity index is 1.65. The first kappa shape index (κ1) is 20.7. The van der Waals surface area contributed by atoms with Crippen LogP contribution in [0.25, 0.3) is 0 Å². The Morgan fingerprint density at radius 2 is 1.93 bits per heavy atom. The average Bonchev–Trinajstić information content (AvgIpc) is 2.64. The van der Waals surface area contributed by atoms with Crippen LogP contribution in [0, 0.1) is 12.8 Å². The van der Waals surface area contributed by atoms with Gasteiger partial charge in [-0.2, -0.15) is 13.2 Å². The van der Waals surface area contributed by atoms with Crippen molar-refractivity contribution in [3.05, 3.63) is 64.2 Å². The third-order valence-electron chi connectivity index (χ3n) is 4.95. The molecule has 0 radical (unpaired) electrons. The molecule has 0 spiro atoms. The number of nitrogens with zero attached hydrogens (tertiary/aromatic N) is 1. The van der Waals surface area contributed by atoms with E-state index in [2.05, 4.69) is 34.5 Å². The molecule has 28 heavy (non-hydrogen) atoms. The molecule has 0 saturated carbocycles. The molecule has 1 unspecified atom stereocenters. The van der Waals surface area contributed by atoms with Gasteiger partial charge in [-0.15, -0.1) is 0 Å². The number of benzene rings is 2. The van der Waals surface area contributed by atoms with Crippen molar-refractivity contribution in [1.82, 2.24) is 4.90 Å². The maximum atomic E-state index is 12.9. The monoisotopic (exact) mass is 410 g/mol. The zero-order valence-corrected chi connectivity index (χ0v) is 16.3. The van der Waals surface area contributed by atoms with Crippen LogP contribution in [0.5, 0.6) is 0 Å². The maximum absolute atomic E-state index is 12.9. The molecule has 0 aromatic heterocycles. The molecule has 1 amide bonds. The molecule has 1 saturated heterocycles. The van der Waals surface area contributed by atoms with E-state index in [9.17, 15) is 18.0 Å². The van der Waals surface area contributed by atoms with Gasteiger partial charge in [-0.1, -0.05) is 41.4 Å². The number of hydrogen-bond acceptors (Lipinski definition) is 2. The third kappa shape index (κ3) is 5.26. The van der Waals surface area contributed by atoms with Crippen molar-refractivity contribution in [2.24, 2.45) is 5.92 Å². The summed E-state index contributed by atoms with van der Waals surface area (Å²) in [5, 5.41) is 2.68. The van der Waals surface area contributed by atoms with Crippen molar-refractivity contribution in [3.63, 3.8) is 0 Å². The van der Waals surface area contributed by atoms with Crippen molar-refractivity contribution < 1.29 is 18.0 Å². The van der Waals surface area contributed by atoms with Gasteiger partial charge < -0.3 is 5.32 Å². The number of carbonyl (C=O) groups is 1. The summed E-state index contributed by atoms with van der Waals surface area (Å²) in [6.45, 7) is 4.23. The van der Waals surface area contributed by atoms with Crippen LogP contribution >= 0.6 is 11.6 Å². The summed E-state index contributed by atoms with van der Waals surface area (Å²) in [4.78, 5) is 14.8. The molecule has 2 aromatic rings. The Hall–Kier alpha value is -2.05. The lowest BCUT2D eigenvalue weighted by Crippen LogP contribution is -2.40. The van der Waals surface area contributed by atoms with Gasteiger partial charge in [0.05, 0.1) is 22.2 Å². The fourth-order valence-electron chi connectivity index (χ4n) is 3.40. The number of alkyl halides is 3. The van der Waals surface area contributed by atoms with Gasteiger partial charge >= 0.3 is 6.18 Å². The number of amides is 1. The third-order valence-corrected chi connectivity index (χ3v) is 5.28. The number of aryl methyl sites for hydroxylation is 1. The minimum atomic E-state index is -4.49. The molecule has 3 rings (SSSR count). The van der Waals surface area contributed by atoms with Crippen LogP contribution in [0.4, 0.5) is 18.9 Å². The van der Waals surface area contributed by atoms with E-state index in [0.717, 1.165) is 37.7 Å². The van der Waals surface area contributed by atoms with Gasteiger partial charge in [-0.3, -0.25) is 9.69 Å². The zero-order chi connectivity index (χ0) is 20.3. The molecular weight excluding hydrogens is 389 g/mol. The lowest BCUT2D eigenvalue weighted by Gasteiger charge is -2.32. The highest BCUT2D eigenvalue weighted by atomic mass is 35.5. The smallest absolute Gasteiger partial charge is 0.324 e. The summed E-state index contributed by atoms with van der Waals surface area (Å²) in [7, 11) is 0. The number of rotatable bonds is 4. The van der Waals surface area contributed by atoms with Crippen LogP contribution in [-0.4, -0.2) is 23.9 Å². The van der Waals surface area contributed by atoms with Crippen LogP contribution in [-0.2, 0) is 17.5 Å². The first-order valence-electron chi connectivity index (χ1n) is 9.18. The number of piperidine rings is 1. The minimum Gasteiger partial charge on any atom is -0.324 e. The Morgan fingerprint density at radius 1 is 1.21 bits per heavy atom. The van der Waals surface area contributed by atoms with Crippen molar-refractivity contribution in [3.8, 4) is 0 Å². The van der Waals surface area contributed by atoms with E-state index in [-0.39, 0.29) is 22.5 Å². The van der Waals surface area contributed by atoms with Gasteiger partial charge in [0, 0.05) is 13.1 Å². The molecular formula is C21H22ClF3N2O. The van der Waals surface area contributed by atoms with Gasteiger partial charge in [-0.05, 0) is 50.1 Å². The summed E-state index contributed by atoms with van der Waals surface area (Å²) in [5.74, 6) is -0.584. The SMILES string of the molecule is Cc1ccc(CN2CCCC(C(=O)Nc3cc(C(F)(F)F)ccc3Cl)C2)cc1. The molecule has 0 bridgehead atoms. The van der Waals surface area contributed by atoms with E-state index in [4.69, 9.17) is 11.6 Å². The Kier molecular flexibility index (Phi) is 6.30. The Bertz CT molecular complexity index is 837. The number of carbonyl (C=O) groups excluding carboxylic acids is 1. The summed E-state index contributed by atoms with van der Waals surface area (Å²) in [6.07, 6.45) is -2.92. The number of halogens is 4. The topological polar surface area (TPSA) is 32.3 Å². The van der Waals surface area contributed by atoms with E-state index in [1.54, 1.807) is 0 Å². The van der Waals surface area contributed by atoms with E-state index < -0.39 is 11.7 Å². The molecule has 2 aromatic carbocycles. The average molecular weight is 411 g/mol. The van der Waals surface area contributed by atoms with Crippen LogP contribution in [0.2, 0.25) is 5.02 Å². The van der Waals surface area contributed by atoms with Gasteiger partial charge in [0.25, 0.3) is 0 Å². The van der Waals surface area contributed by atoms with Crippen LogP contribution in [0.1, 0.15) is 29.5 Å². The molecule has 3 nitrogen and oxygen atoms in total. The van der Waals surface area contributed by atoms with Crippen molar-refractivity contribution in [2.45, 2.75) is 32.5 Å². The van der Waals surface area contributed by atoms with Crippen LogP contribution < -0.4 is 5.32 Å². The Morgan fingerprint density at radius 3 is 2.61 bits per heavy atom. The molecule has 0 aliphatic carbocycles. The predicted molar refractivity (Wildman–Crippen MR) is 104 cm³/mol. The second-order valence-electron chi connectivity index (χ2n) is 7.24. The molecule has 150 valence electrons. The first-order valence-corrected chi connectivity index (χ1v) is 9.55. The maximum Gasteiger partial charge on any atom is 0.416 e. The summed E-state index contributed by atoms with van der Waals surface area (Å²) >= 11 is 5.99. The molecule has 1 aliphatic rings. The highest BCUT2D eigenvalue weighted by Gasteiger charge is 2.32. The summed E-state index contributed by atoms with van der Waals surface area (Å²) in [6, 6.07) is 11.2. The highest BCUT2D eigenvalue weighted by molar-refractivity contribution is 6.33. The number of likely N-dealkylation sites (tertiary alicyclic amines) is 1. The fraction of sp³-hybridized carbons (Fsp3) is 0.381. The molecule has 1 N–H and O–H groups in total. The van der Waals surface area contributed by atoms with Crippen LogP contribution in [0.3, 0.4) is 0 Å². The van der Waals surface area contributed by atoms with Crippen molar-refractivity contribution in [1.29, 1.82) is 0 Å². The number of hydrogen-bond donors (Lipinski definition) is 1. The largest absolute Gasteiger partial charge is 0.416 e. The second kappa shape index (κ2) is 8.53. The molecule has 1 heterocycles. The summed E-state index contributed by atoms with van der Waals surface area (Å²) < 4.78 is 38.7. The van der Waals surface area contributed by atoms with Gasteiger partial charge in [0.15, 0.2) is 0 Å². The molecule has 1 aliphatic heterocycles. The highest BCUT2D eigenvalue weighted by Crippen LogP contribution is 2.34. The normalized spacial score (nSPS) is 18.1. The predicted octanol–water partition coefficient (Wildman–Crippen LogP) is 5.52. The number of nitrogens with one attached hydrogen (secondary N) is 1. The molecule has 1 fully saturated rings. The van der Waals surface area contributed by atoms with E-state index >= 15 is 0 Å². The number of anilines is 1. The van der Waals surface area contributed by atoms with Crippen molar-refractivity contribution in [2.75, 3.05) is 18.4 Å². The standard InChI is InChI=1S/C21H22ClF3N2O/c1-14-4-6-15(7-5-14)12-27-10-2-3-16(13-27)20(28)26-19-11-17(21(23,24)25)8-9-18(19)22/h4-9,11,16H,2-3,10,12-13H2,1H3,(H,26,28). The summed E-state index contributed by atoms with van der Waals surface area (Å²) in [5.41, 5.74) is 1.53. The Labute approximate surface area is 167 Å². The van der Waals surface area contributed by atoms with Crippen molar-refractivity contribution >= 4 is 23.2 Å².